The van der Waals surface area contributed by atoms with E-state index in [0.717, 1.165) is 6.07 Å². The molecule has 1 aromatic heterocycles. The van der Waals surface area contributed by atoms with Crippen molar-refractivity contribution in [3.8, 4) is 0 Å². The fourth-order valence-corrected chi connectivity index (χ4v) is 3.36. The summed E-state index contributed by atoms with van der Waals surface area (Å²) in [6, 6.07) is 14.8. The molecule has 2 aromatic carbocycles. The molecule has 0 fully saturated rings. The third-order valence-corrected chi connectivity index (χ3v) is 4.93. The molecule has 1 heterocycles. The molecule has 0 spiro atoms. The normalized spacial score (nSPS) is 10.5. The summed E-state index contributed by atoms with van der Waals surface area (Å²) in [4.78, 5) is 50.6. The second-order valence-electron chi connectivity index (χ2n) is 5.97. The van der Waals surface area contributed by atoms with Gasteiger partial charge in [0.1, 0.15) is 0 Å². The number of amides is 2. The number of esters is 1. The number of carbonyl (C=O) groups is 3. The average molecular weight is 411 g/mol. The summed E-state index contributed by atoms with van der Waals surface area (Å²) < 4.78 is 5.08. The number of benzene rings is 2. The Morgan fingerprint density at radius 3 is 2.59 bits per heavy atom. The van der Waals surface area contributed by atoms with Gasteiger partial charge in [-0.15, -0.1) is 11.8 Å². The van der Waals surface area contributed by atoms with E-state index in [0.29, 0.717) is 21.5 Å². The van der Waals surface area contributed by atoms with E-state index < -0.39 is 29.9 Å². The number of fused-ring (bicyclic) bond motifs is 1. The predicted molar refractivity (Wildman–Crippen MR) is 110 cm³/mol. The van der Waals surface area contributed by atoms with Crippen LogP contribution in [0.3, 0.4) is 0 Å². The fraction of sp³-hybridized carbons (Fsp3) is 0.100. The van der Waals surface area contributed by atoms with Crippen molar-refractivity contribution in [1.29, 1.82) is 0 Å². The van der Waals surface area contributed by atoms with Crippen molar-refractivity contribution in [3.63, 3.8) is 0 Å². The SMILES string of the molecule is NC(=O)CSc1ccccc1NC(=O)COC(=O)c1cc(=O)[nH]c2ccccc12. The molecule has 0 atom stereocenters. The van der Waals surface area contributed by atoms with Crippen molar-refractivity contribution in [1.82, 2.24) is 4.98 Å². The lowest BCUT2D eigenvalue weighted by Gasteiger charge is -2.11. The second kappa shape index (κ2) is 9.07. The highest BCUT2D eigenvalue weighted by molar-refractivity contribution is 8.00. The molecule has 148 valence electrons. The van der Waals surface area contributed by atoms with Gasteiger partial charge in [-0.2, -0.15) is 0 Å². The minimum atomic E-state index is -0.779. The fourth-order valence-electron chi connectivity index (χ4n) is 2.61. The second-order valence-corrected chi connectivity index (χ2v) is 6.99. The third-order valence-electron chi connectivity index (χ3n) is 3.84. The molecule has 9 heteroatoms. The van der Waals surface area contributed by atoms with Gasteiger partial charge < -0.3 is 20.8 Å². The number of rotatable bonds is 7. The number of anilines is 1. The van der Waals surface area contributed by atoms with Crippen LogP contribution in [-0.4, -0.2) is 35.1 Å². The van der Waals surface area contributed by atoms with Gasteiger partial charge in [-0.25, -0.2) is 4.79 Å². The van der Waals surface area contributed by atoms with Crippen molar-refractivity contribution < 1.29 is 19.1 Å². The maximum atomic E-state index is 12.4. The Hall–Kier alpha value is -3.59. The number of aromatic amines is 1. The highest BCUT2D eigenvalue weighted by atomic mass is 32.2. The molecule has 3 rings (SSSR count). The number of ether oxygens (including phenoxy) is 1. The molecule has 29 heavy (non-hydrogen) atoms. The summed E-state index contributed by atoms with van der Waals surface area (Å²) in [7, 11) is 0. The molecule has 0 saturated carbocycles. The molecule has 0 saturated heterocycles. The zero-order valence-corrected chi connectivity index (χ0v) is 16.0. The molecule has 0 bridgehead atoms. The first-order valence-corrected chi connectivity index (χ1v) is 9.52. The van der Waals surface area contributed by atoms with E-state index in [2.05, 4.69) is 10.3 Å². The number of thioether (sulfide) groups is 1. The van der Waals surface area contributed by atoms with Gasteiger partial charge in [0.25, 0.3) is 5.91 Å². The number of hydrogen-bond donors (Lipinski definition) is 3. The van der Waals surface area contributed by atoms with Crippen molar-refractivity contribution in [2.24, 2.45) is 5.73 Å². The standard InChI is InChI=1S/C20H17N3O5S/c21-17(24)11-29-16-8-4-3-7-15(16)23-19(26)10-28-20(27)13-9-18(25)22-14-6-2-1-5-12(13)14/h1-9H,10-11H2,(H2,21,24)(H,22,25)(H,23,26). The quantitative estimate of drug-likeness (QED) is 0.402. The third kappa shape index (κ3) is 5.23. The van der Waals surface area contributed by atoms with Crippen LogP contribution in [0.4, 0.5) is 5.69 Å². The number of aromatic nitrogens is 1. The van der Waals surface area contributed by atoms with Crippen LogP contribution in [0.1, 0.15) is 10.4 Å². The molecule has 0 radical (unpaired) electrons. The number of H-pyrrole nitrogens is 1. The number of carbonyl (C=O) groups excluding carboxylic acids is 3. The van der Waals surface area contributed by atoms with Crippen molar-refractivity contribution in [3.05, 3.63) is 70.5 Å². The topological polar surface area (TPSA) is 131 Å². The lowest BCUT2D eigenvalue weighted by atomic mass is 10.1. The first-order valence-electron chi connectivity index (χ1n) is 8.53. The minimum absolute atomic E-state index is 0.0670. The van der Waals surface area contributed by atoms with Gasteiger partial charge in [-0.05, 0) is 18.2 Å². The number of para-hydroxylation sites is 2. The zero-order chi connectivity index (χ0) is 20.8. The van der Waals surface area contributed by atoms with E-state index in [9.17, 15) is 19.2 Å². The predicted octanol–water partition coefficient (Wildman–Crippen LogP) is 1.90. The molecule has 2 amide bonds. The lowest BCUT2D eigenvalue weighted by molar-refractivity contribution is -0.119. The van der Waals surface area contributed by atoms with Crippen LogP contribution in [0.25, 0.3) is 10.9 Å². The minimum Gasteiger partial charge on any atom is -0.452 e. The van der Waals surface area contributed by atoms with Gasteiger partial charge in [0.15, 0.2) is 6.61 Å². The molecule has 0 unspecified atom stereocenters. The van der Waals surface area contributed by atoms with Gasteiger partial charge in [0, 0.05) is 21.9 Å². The first-order chi connectivity index (χ1) is 13.9. The van der Waals surface area contributed by atoms with Crippen LogP contribution >= 0.6 is 11.8 Å². The van der Waals surface area contributed by atoms with Gasteiger partial charge >= 0.3 is 5.97 Å². The van der Waals surface area contributed by atoms with Crippen LogP contribution < -0.4 is 16.6 Å². The van der Waals surface area contributed by atoms with Crippen LogP contribution in [0.5, 0.6) is 0 Å². The van der Waals surface area contributed by atoms with Crippen LogP contribution in [0.2, 0.25) is 0 Å². The maximum Gasteiger partial charge on any atom is 0.339 e. The number of primary amides is 1. The van der Waals surface area contributed by atoms with E-state index in [1.165, 1.54) is 11.8 Å². The Morgan fingerprint density at radius 2 is 1.79 bits per heavy atom. The monoisotopic (exact) mass is 411 g/mol. The molecule has 0 aliphatic rings. The van der Waals surface area contributed by atoms with Crippen molar-refractivity contribution in [2.75, 3.05) is 17.7 Å². The summed E-state index contributed by atoms with van der Waals surface area (Å²) in [5, 5.41) is 3.15. The van der Waals surface area contributed by atoms with E-state index >= 15 is 0 Å². The smallest absolute Gasteiger partial charge is 0.339 e. The maximum absolute atomic E-state index is 12.4. The van der Waals surface area contributed by atoms with Crippen molar-refractivity contribution in [2.45, 2.75) is 4.90 Å². The highest BCUT2D eigenvalue weighted by Gasteiger charge is 2.15. The summed E-state index contributed by atoms with van der Waals surface area (Å²) in [6.07, 6.45) is 0. The summed E-state index contributed by atoms with van der Waals surface area (Å²) in [6.45, 7) is -0.533. The van der Waals surface area contributed by atoms with Crippen LogP contribution in [0.15, 0.2) is 64.3 Å². The molecular weight excluding hydrogens is 394 g/mol. The molecule has 0 aliphatic heterocycles. The summed E-state index contributed by atoms with van der Waals surface area (Å²) >= 11 is 1.19. The van der Waals surface area contributed by atoms with Gasteiger partial charge in [0.05, 0.1) is 17.0 Å². The molecular formula is C20H17N3O5S. The zero-order valence-electron chi connectivity index (χ0n) is 15.1. The average Bonchev–Trinajstić information content (AvgIpc) is 2.70. The van der Waals surface area contributed by atoms with E-state index in [-0.39, 0.29) is 11.3 Å². The Labute approximate surface area is 169 Å². The van der Waals surface area contributed by atoms with E-state index in [1.807, 2.05) is 0 Å². The first kappa shape index (κ1) is 20.2. The van der Waals surface area contributed by atoms with E-state index in [1.54, 1.807) is 48.5 Å². The Balaban J connectivity index is 1.67. The number of pyridine rings is 1. The molecule has 8 nitrogen and oxygen atoms in total. The summed E-state index contributed by atoms with van der Waals surface area (Å²) in [5.74, 6) is -1.74. The van der Waals surface area contributed by atoms with Crippen LogP contribution in [-0.2, 0) is 14.3 Å². The number of nitrogens with one attached hydrogen (secondary N) is 2. The number of hydrogen-bond acceptors (Lipinski definition) is 6. The van der Waals surface area contributed by atoms with Crippen molar-refractivity contribution >= 4 is 46.1 Å². The van der Waals surface area contributed by atoms with E-state index in [4.69, 9.17) is 10.5 Å². The van der Waals surface area contributed by atoms with Gasteiger partial charge in [-0.1, -0.05) is 30.3 Å². The molecule has 3 aromatic rings. The largest absolute Gasteiger partial charge is 0.452 e. The molecule has 4 N–H and O–H groups in total. The van der Waals surface area contributed by atoms with Gasteiger partial charge in [-0.3, -0.25) is 14.4 Å². The summed E-state index contributed by atoms with van der Waals surface area (Å²) in [5.41, 5.74) is 5.75. The van der Waals surface area contributed by atoms with Crippen LogP contribution in [0, 0.1) is 0 Å². The Bertz CT molecular complexity index is 1140. The molecule has 0 aliphatic carbocycles. The highest BCUT2D eigenvalue weighted by Crippen LogP contribution is 2.26. The number of nitrogens with two attached hydrogens (primary N) is 1. The Kier molecular flexibility index (Phi) is 6.30. The van der Waals surface area contributed by atoms with Gasteiger partial charge in [0.2, 0.25) is 11.5 Å². The lowest BCUT2D eigenvalue weighted by Crippen LogP contribution is -2.22. The Morgan fingerprint density at radius 1 is 1.07 bits per heavy atom.